The van der Waals surface area contributed by atoms with Gasteiger partial charge in [0.1, 0.15) is 0 Å². The van der Waals surface area contributed by atoms with Gasteiger partial charge in [-0.25, -0.2) is 13.4 Å². The number of nitrogens with zero attached hydrogens (tertiary/aromatic N) is 1. The summed E-state index contributed by atoms with van der Waals surface area (Å²) in [4.78, 5) is 16.7. The van der Waals surface area contributed by atoms with E-state index < -0.39 is 9.84 Å². The molecule has 2 aromatic carbocycles. The zero-order valence-electron chi connectivity index (χ0n) is 16.9. The summed E-state index contributed by atoms with van der Waals surface area (Å²) in [5.41, 5.74) is 4.06. The van der Waals surface area contributed by atoms with Crippen LogP contribution in [0.25, 0.3) is 0 Å². The van der Waals surface area contributed by atoms with Gasteiger partial charge in [0.2, 0.25) is 9.84 Å². The molecule has 1 heterocycles. The lowest BCUT2D eigenvalue weighted by Crippen LogP contribution is -2.13. The molecule has 1 amide bonds. The Morgan fingerprint density at radius 1 is 0.931 bits per heavy atom. The first-order valence-electron chi connectivity index (χ1n) is 9.38. The molecule has 150 valence electrons. The van der Waals surface area contributed by atoms with E-state index in [4.69, 9.17) is 0 Å². The average molecular weight is 409 g/mol. The molecule has 1 aromatic heterocycles. The third-order valence-corrected chi connectivity index (χ3v) is 6.56. The van der Waals surface area contributed by atoms with Crippen molar-refractivity contribution in [1.29, 1.82) is 0 Å². The highest BCUT2D eigenvalue weighted by atomic mass is 32.2. The Bertz CT molecular complexity index is 1130. The van der Waals surface area contributed by atoms with Crippen molar-refractivity contribution in [2.45, 2.75) is 43.5 Å². The van der Waals surface area contributed by atoms with Crippen molar-refractivity contribution < 1.29 is 13.2 Å². The van der Waals surface area contributed by atoms with Crippen LogP contribution < -0.4 is 5.32 Å². The summed E-state index contributed by atoms with van der Waals surface area (Å²) in [6, 6.07) is 15.4. The molecule has 3 aromatic rings. The lowest BCUT2D eigenvalue weighted by molar-refractivity contribution is 0.102. The van der Waals surface area contributed by atoms with Gasteiger partial charge in [0, 0.05) is 11.9 Å². The molecule has 29 heavy (non-hydrogen) atoms. The number of carbonyl (C=O) groups is 1. The van der Waals surface area contributed by atoms with Crippen LogP contribution in [0.3, 0.4) is 0 Å². The molecule has 0 aliphatic rings. The molecule has 0 radical (unpaired) electrons. The molecule has 5 nitrogen and oxygen atoms in total. The molecule has 0 fully saturated rings. The maximum absolute atomic E-state index is 12.8. The average Bonchev–Trinajstić information content (AvgIpc) is 2.70. The standard InChI is InChI=1S/C23H24N2O3S/c1-15(2)18-6-9-20(10-7-18)25-23(26)19-8-12-22(24-14-19)29(27,28)21-11-5-16(3)17(4)13-21/h5-15H,1-4H3,(H,25,26). The predicted molar refractivity (Wildman–Crippen MR) is 114 cm³/mol. The van der Waals surface area contributed by atoms with Crippen LogP contribution in [0.1, 0.15) is 46.8 Å². The van der Waals surface area contributed by atoms with Crippen molar-refractivity contribution in [3.63, 3.8) is 0 Å². The van der Waals surface area contributed by atoms with Gasteiger partial charge in [-0.15, -0.1) is 0 Å². The highest BCUT2D eigenvalue weighted by Crippen LogP contribution is 2.22. The Morgan fingerprint density at radius 2 is 1.62 bits per heavy atom. The molecule has 0 unspecified atom stereocenters. The van der Waals surface area contributed by atoms with E-state index in [1.807, 2.05) is 38.1 Å². The van der Waals surface area contributed by atoms with Gasteiger partial charge in [0.15, 0.2) is 5.03 Å². The number of benzene rings is 2. The first kappa shape index (κ1) is 20.7. The molecule has 0 saturated heterocycles. The van der Waals surface area contributed by atoms with Gasteiger partial charge in [-0.1, -0.05) is 32.0 Å². The number of rotatable bonds is 5. The number of aryl methyl sites for hydroxylation is 2. The van der Waals surface area contributed by atoms with Gasteiger partial charge in [0.05, 0.1) is 10.5 Å². The van der Waals surface area contributed by atoms with Crippen molar-refractivity contribution in [2.75, 3.05) is 5.32 Å². The molecule has 0 atom stereocenters. The van der Waals surface area contributed by atoms with Crippen LogP contribution in [-0.4, -0.2) is 19.3 Å². The van der Waals surface area contributed by atoms with Crippen LogP contribution in [-0.2, 0) is 9.84 Å². The molecule has 0 spiro atoms. The predicted octanol–water partition coefficient (Wildman–Crippen LogP) is 4.91. The fourth-order valence-corrected chi connectivity index (χ4v) is 4.09. The largest absolute Gasteiger partial charge is 0.322 e. The summed E-state index contributed by atoms with van der Waals surface area (Å²) in [6.07, 6.45) is 1.28. The number of nitrogens with one attached hydrogen (secondary N) is 1. The van der Waals surface area contributed by atoms with E-state index in [-0.39, 0.29) is 21.4 Å². The van der Waals surface area contributed by atoms with E-state index in [1.165, 1.54) is 23.9 Å². The van der Waals surface area contributed by atoms with E-state index in [9.17, 15) is 13.2 Å². The van der Waals surface area contributed by atoms with Gasteiger partial charge in [-0.3, -0.25) is 4.79 Å². The summed E-state index contributed by atoms with van der Waals surface area (Å²) in [6.45, 7) is 8.00. The second-order valence-corrected chi connectivity index (χ2v) is 9.26. The minimum Gasteiger partial charge on any atom is -0.322 e. The third kappa shape index (κ3) is 4.54. The van der Waals surface area contributed by atoms with Crippen molar-refractivity contribution in [3.8, 4) is 0 Å². The number of amides is 1. The minimum absolute atomic E-state index is 0.0846. The van der Waals surface area contributed by atoms with E-state index in [1.54, 1.807) is 18.2 Å². The smallest absolute Gasteiger partial charge is 0.257 e. The van der Waals surface area contributed by atoms with Gasteiger partial charge >= 0.3 is 0 Å². The van der Waals surface area contributed by atoms with E-state index in [2.05, 4.69) is 24.1 Å². The third-order valence-electron chi connectivity index (χ3n) is 4.90. The SMILES string of the molecule is Cc1ccc(S(=O)(=O)c2ccc(C(=O)Nc3ccc(C(C)C)cc3)cn2)cc1C. The molecular formula is C23H24N2O3S. The zero-order chi connectivity index (χ0) is 21.2. The van der Waals surface area contributed by atoms with E-state index in [0.717, 1.165) is 11.1 Å². The van der Waals surface area contributed by atoms with Crippen molar-refractivity contribution in [1.82, 2.24) is 4.98 Å². The lowest BCUT2D eigenvalue weighted by atomic mass is 10.0. The topological polar surface area (TPSA) is 76.1 Å². The number of sulfone groups is 1. The maximum atomic E-state index is 12.8. The van der Waals surface area contributed by atoms with E-state index >= 15 is 0 Å². The fourth-order valence-electron chi connectivity index (χ4n) is 2.83. The van der Waals surface area contributed by atoms with Gasteiger partial charge in [-0.05, 0) is 72.9 Å². The maximum Gasteiger partial charge on any atom is 0.257 e. The molecule has 0 aliphatic heterocycles. The number of carbonyl (C=O) groups excluding carboxylic acids is 1. The quantitative estimate of drug-likeness (QED) is 0.651. The summed E-state index contributed by atoms with van der Waals surface area (Å²) in [5.74, 6) is 0.0701. The Kier molecular flexibility index (Phi) is 5.84. The van der Waals surface area contributed by atoms with Crippen LogP contribution in [0.5, 0.6) is 0 Å². The van der Waals surface area contributed by atoms with Crippen molar-refractivity contribution in [2.24, 2.45) is 0 Å². The van der Waals surface area contributed by atoms with Crippen LogP contribution >= 0.6 is 0 Å². The molecule has 0 saturated carbocycles. The summed E-state index contributed by atoms with van der Waals surface area (Å²) >= 11 is 0. The molecule has 0 aliphatic carbocycles. The summed E-state index contributed by atoms with van der Waals surface area (Å²) in [5, 5.41) is 2.71. The van der Waals surface area contributed by atoms with Gasteiger partial charge in [-0.2, -0.15) is 0 Å². The summed E-state index contributed by atoms with van der Waals surface area (Å²) in [7, 11) is -3.74. The monoisotopic (exact) mass is 408 g/mol. The molecular weight excluding hydrogens is 384 g/mol. The number of pyridine rings is 1. The molecule has 3 rings (SSSR count). The Labute approximate surface area is 171 Å². The Balaban J connectivity index is 1.78. The van der Waals surface area contributed by atoms with Crippen LogP contribution in [0.15, 0.2) is 70.7 Å². The van der Waals surface area contributed by atoms with E-state index in [0.29, 0.717) is 11.6 Å². The lowest BCUT2D eigenvalue weighted by Gasteiger charge is -2.09. The fraction of sp³-hybridized carbons (Fsp3) is 0.217. The van der Waals surface area contributed by atoms with Crippen LogP contribution in [0.2, 0.25) is 0 Å². The Hall–Kier alpha value is -2.99. The normalized spacial score (nSPS) is 11.5. The molecule has 6 heteroatoms. The Morgan fingerprint density at radius 3 is 2.17 bits per heavy atom. The van der Waals surface area contributed by atoms with Crippen molar-refractivity contribution >= 4 is 21.4 Å². The van der Waals surface area contributed by atoms with Gasteiger partial charge < -0.3 is 5.32 Å². The second-order valence-electron chi connectivity index (χ2n) is 7.37. The molecule has 0 bridgehead atoms. The van der Waals surface area contributed by atoms with Crippen molar-refractivity contribution in [3.05, 3.63) is 83.0 Å². The number of anilines is 1. The highest BCUT2D eigenvalue weighted by molar-refractivity contribution is 7.91. The number of hydrogen-bond donors (Lipinski definition) is 1. The van der Waals surface area contributed by atoms with Crippen LogP contribution in [0, 0.1) is 13.8 Å². The number of aromatic nitrogens is 1. The van der Waals surface area contributed by atoms with Gasteiger partial charge in [0.25, 0.3) is 5.91 Å². The minimum atomic E-state index is -3.74. The first-order valence-corrected chi connectivity index (χ1v) is 10.9. The number of hydrogen-bond acceptors (Lipinski definition) is 4. The molecule has 1 N–H and O–H groups in total. The zero-order valence-corrected chi connectivity index (χ0v) is 17.7. The first-order chi connectivity index (χ1) is 13.7. The summed E-state index contributed by atoms with van der Waals surface area (Å²) < 4.78 is 25.6. The van der Waals surface area contributed by atoms with Crippen LogP contribution in [0.4, 0.5) is 5.69 Å². The second kappa shape index (κ2) is 8.17. The highest BCUT2D eigenvalue weighted by Gasteiger charge is 2.20.